The zero-order valence-corrected chi connectivity index (χ0v) is 13.5. The van der Waals surface area contributed by atoms with Gasteiger partial charge in [0.25, 0.3) is 0 Å². The van der Waals surface area contributed by atoms with E-state index in [0.29, 0.717) is 21.2 Å². The number of hydrogen-bond donors (Lipinski definition) is 1. The van der Waals surface area contributed by atoms with Gasteiger partial charge in [-0.05, 0) is 39.7 Å². The van der Waals surface area contributed by atoms with Crippen LogP contribution in [0.1, 0.15) is 15.9 Å². The van der Waals surface area contributed by atoms with Crippen LogP contribution in [0.2, 0.25) is 5.02 Å². The maximum absolute atomic E-state index is 14.6. The third-order valence-corrected chi connectivity index (χ3v) is 4.28. The second-order valence-electron chi connectivity index (χ2n) is 4.39. The molecule has 2 rings (SSSR count). The van der Waals surface area contributed by atoms with Crippen molar-refractivity contribution in [3.8, 4) is 11.1 Å². The molecule has 0 aliphatic heterocycles. The summed E-state index contributed by atoms with van der Waals surface area (Å²) in [5.74, 6) is -1.05. The monoisotopic (exact) mass is 371 g/mol. The van der Waals surface area contributed by atoms with E-state index in [2.05, 4.69) is 15.9 Å². The highest BCUT2D eigenvalue weighted by molar-refractivity contribution is 9.10. The smallest absolute Gasteiger partial charge is 0.248 e. The number of primary amides is 1. The highest BCUT2D eigenvalue weighted by Crippen LogP contribution is 2.36. The lowest BCUT2D eigenvalue weighted by atomic mass is 10.00. The quantitative estimate of drug-likeness (QED) is 0.820. The van der Waals surface area contributed by atoms with Crippen molar-refractivity contribution in [2.45, 2.75) is 6.61 Å². The molecule has 0 aliphatic carbocycles. The topological polar surface area (TPSA) is 52.3 Å². The van der Waals surface area contributed by atoms with Gasteiger partial charge in [-0.1, -0.05) is 23.7 Å². The molecule has 21 heavy (non-hydrogen) atoms. The molecule has 0 bridgehead atoms. The number of hydrogen-bond acceptors (Lipinski definition) is 2. The van der Waals surface area contributed by atoms with Gasteiger partial charge in [0.1, 0.15) is 5.82 Å². The Morgan fingerprint density at radius 3 is 2.76 bits per heavy atom. The lowest BCUT2D eigenvalue weighted by Crippen LogP contribution is -2.10. The number of carbonyl (C=O) groups is 1. The first-order chi connectivity index (χ1) is 9.95. The number of amides is 1. The zero-order chi connectivity index (χ0) is 15.6. The second kappa shape index (κ2) is 6.56. The summed E-state index contributed by atoms with van der Waals surface area (Å²) < 4.78 is 20.1. The van der Waals surface area contributed by atoms with Crippen molar-refractivity contribution in [3.05, 3.63) is 56.8 Å². The van der Waals surface area contributed by atoms with Gasteiger partial charge in [0.05, 0.1) is 11.6 Å². The van der Waals surface area contributed by atoms with E-state index in [-0.39, 0.29) is 17.2 Å². The summed E-state index contributed by atoms with van der Waals surface area (Å²) >= 11 is 9.38. The highest BCUT2D eigenvalue weighted by Gasteiger charge is 2.17. The molecule has 0 heterocycles. The Kier molecular flexibility index (Phi) is 4.98. The summed E-state index contributed by atoms with van der Waals surface area (Å²) in [6, 6.07) is 8.02. The van der Waals surface area contributed by atoms with Crippen LogP contribution in [0.25, 0.3) is 11.1 Å². The predicted molar refractivity (Wildman–Crippen MR) is 83.8 cm³/mol. The molecule has 1 amide bonds. The van der Waals surface area contributed by atoms with Gasteiger partial charge in [-0.15, -0.1) is 0 Å². The lowest BCUT2D eigenvalue weighted by molar-refractivity contribution is 0.100. The molecule has 3 nitrogen and oxygen atoms in total. The summed E-state index contributed by atoms with van der Waals surface area (Å²) in [6.07, 6.45) is 0. The molecular formula is C15H12BrClFNO2. The van der Waals surface area contributed by atoms with Gasteiger partial charge in [-0.2, -0.15) is 0 Å². The van der Waals surface area contributed by atoms with Crippen LogP contribution in [0.4, 0.5) is 4.39 Å². The predicted octanol–water partition coefficient (Wildman–Crippen LogP) is 4.15. The van der Waals surface area contributed by atoms with Gasteiger partial charge in [-0.25, -0.2) is 4.39 Å². The van der Waals surface area contributed by atoms with Gasteiger partial charge in [0, 0.05) is 28.3 Å². The van der Waals surface area contributed by atoms with Gasteiger partial charge in [0.2, 0.25) is 5.91 Å². The first-order valence-corrected chi connectivity index (χ1v) is 7.18. The standard InChI is InChI=1S/C15H12BrClFNO2/c1-21-7-11-13(17)12(16)6-10(14(11)18)8-3-2-4-9(5-8)15(19)20/h2-6H,7H2,1H3,(H2,19,20). The van der Waals surface area contributed by atoms with E-state index in [1.54, 1.807) is 24.3 Å². The highest BCUT2D eigenvalue weighted by atomic mass is 79.9. The molecule has 2 N–H and O–H groups in total. The maximum atomic E-state index is 14.6. The number of nitrogens with two attached hydrogens (primary N) is 1. The van der Waals surface area contributed by atoms with Crippen LogP contribution in [0.3, 0.4) is 0 Å². The number of halogens is 3. The maximum Gasteiger partial charge on any atom is 0.248 e. The number of benzene rings is 2. The van der Waals surface area contributed by atoms with Crippen molar-refractivity contribution < 1.29 is 13.9 Å². The Bertz CT molecular complexity index is 706. The van der Waals surface area contributed by atoms with Crippen molar-refractivity contribution in [2.75, 3.05) is 7.11 Å². The van der Waals surface area contributed by atoms with Gasteiger partial charge < -0.3 is 10.5 Å². The van der Waals surface area contributed by atoms with Crippen LogP contribution in [0.5, 0.6) is 0 Å². The molecule has 110 valence electrons. The molecule has 0 unspecified atom stereocenters. The van der Waals surface area contributed by atoms with Crippen molar-refractivity contribution in [1.29, 1.82) is 0 Å². The van der Waals surface area contributed by atoms with E-state index in [1.807, 2.05) is 0 Å². The van der Waals surface area contributed by atoms with Crippen molar-refractivity contribution in [3.63, 3.8) is 0 Å². The summed E-state index contributed by atoms with van der Waals surface area (Å²) in [5.41, 5.74) is 6.68. The number of carbonyl (C=O) groups excluding carboxylic acids is 1. The average molecular weight is 373 g/mol. The zero-order valence-electron chi connectivity index (χ0n) is 11.1. The van der Waals surface area contributed by atoms with E-state index in [9.17, 15) is 9.18 Å². The van der Waals surface area contributed by atoms with E-state index in [0.717, 1.165) is 0 Å². The fourth-order valence-corrected chi connectivity index (χ4v) is 2.64. The normalized spacial score (nSPS) is 10.7. The SMILES string of the molecule is COCc1c(F)c(-c2cccc(C(N)=O)c2)cc(Br)c1Cl. The van der Waals surface area contributed by atoms with Crippen molar-refractivity contribution in [1.82, 2.24) is 0 Å². The van der Waals surface area contributed by atoms with Crippen molar-refractivity contribution >= 4 is 33.4 Å². The second-order valence-corrected chi connectivity index (χ2v) is 5.62. The van der Waals surface area contributed by atoms with Gasteiger partial charge >= 0.3 is 0 Å². The van der Waals surface area contributed by atoms with Crippen LogP contribution in [-0.2, 0) is 11.3 Å². The Morgan fingerprint density at radius 2 is 2.14 bits per heavy atom. The van der Waals surface area contributed by atoms with Gasteiger partial charge in [-0.3, -0.25) is 4.79 Å². The minimum atomic E-state index is -0.567. The van der Waals surface area contributed by atoms with E-state index >= 15 is 0 Å². The minimum absolute atomic E-state index is 0.0482. The van der Waals surface area contributed by atoms with Crippen LogP contribution < -0.4 is 5.73 Å². The van der Waals surface area contributed by atoms with E-state index < -0.39 is 11.7 Å². The van der Waals surface area contributed by atoms with E-state index in [1.165, 1.54) is 13.2 Å². The largest absolute Gasteiger partial charge is 0.380 e. The molecule has 6 heteroatoms. The molecule has 0 aliphatic rings. The molecule has 0 spiro atoms. The summed E-state index contributed by atoms with van der Waals surface area (Å²) in [6.45, 7) is 0.0482. The Morgan fingerprint density at radius 1 is 1.43 bits per heavy atom. The Hall–Kier alpha value is -1.43. The molecule has 0 radical (unpaired) electrons. The number of ether oxygens (including phenoxy) is 1. The molecule has 2 aromatic rings. The Balaban J connectivity index is 2.64. The third kappa shape index (κ3) is 3.26. The summed E-state index contributed by atoms with van der Waals surface area (Å²) in [4.78, 5) is 11.2. The van der Waals surface area contributed by atoms with Crippen LogP contribution in [0.15, 0.2) is 34.8 Å². The summed E-state index contributed by atoms with van der Waals surface area (Å²) in [7, 11) is 1.46. The fourth-order valence-electron chi connectivity index (χ4n) is 1.98. The van der Waals surface area contributed by atoms with Gasteiger partial charge in [0.15, 0.2) is 0 Å². The molecule has 0 atom stereocenters. The minimum Gasteiger partial charge on any atom is -0.380 e. The number of rotatable bonds is 4. The molecule has 0 fully saturated rings. The van der Waals surface area contributed by atoms with Crippen LogP contribution >= 0.6 is 27.5 Å². The fraction of sp³-hybridized carbons (Fsp3) is 0.133. The molecule has 0 saturated heterocycles. The van der Waals surface area contributed by atoms with Crippen molar-refractivity contribution in [2.24, 2.45) is 5.73 Å². The number of methoxy groups -OCH3 is 1. The summed E-state index contributed by atoms with van der Waals surface area (Å²) in [5, 5.41) is 0.268. The average Bonchev–Trinajstić information content (AvgIpc) is 2.47. The van der Waals surface area contributed by atoms with E-state index in [4.69, 9.17) is 22.1 Å². The lowest BCUT2D eigenvalue weighted by Gasteiger charge is -2.12. The Labute approximate surface area is 135 Å². The first-order valence-electron chi connectivity index (χ1n) is 6.01. The first kappa shape index (κ1) is 15.9. The molecular weight excluding hydrogens is 361 g/mol. The third-order valence-electron chi connectivity index (χ3n) is 2.99. The molecule has 0 saturated carbocycles. The molecule has 2 aromatic carbocycles. The van der Waals surface area contributed by atoms with Crippen LogP contribution in [0, 0.1) is 5.82 Å². The van der Waals surface area contributed by atoms with Crippen LogP contribution in [-0.4, -0.2) is 13.0 Å². The molecule has 0 aromatic heterocycles.